The number of rotatable bonds is 8. The minimum absolute atomic E-state index is 0.163. The number of nitro groups is 1. The molecule has 0 saturated heterocycles. The van der Waals surface area contributed by atoms with Crippen molar-refractivity contribution in [1.29, 1.82) is 0 Å². The van der Waals surface area contributed by atoms with Crippen LogP contribution < -0.4 is 14.8 Å². The summed E-state index contributed by atoms with van der Waals surface area (Å²) in [5, 5.41) is 13.3. The van der Waals surface area contributed by atoms with Crippen LogP contribution in [0.2, 0.25) is 0 Å². The Balaban J connectivity index is 2.04. The van der Waals surface area contributed by atoms with Gasteiger partial charge in [0, 0.05) is 17.8 Å². The molecule has 9 nitrogen and oxygen atoms in total. The zero-order valence-corrected chi connectivity index (χ0v) is 15.6. The highest BCUT2D eigenvalue weighted by atomic mass is 16.6. The van der Waals surface area contributed by atoms with E-state index < -0.39 is 22.9 Å². The number of nitrogens with one attached hydrogen (secondary N) is 1. The van der Waals surface area contributed by atoms with Crippen LogP contribution in [0.25, 0.3) is 0 Å². The molecule has 0 saturated carbocycles. The Labute approximate surface area is 161 Å². The average Bonchev–Trinajstić information content (AvgIpc) is 2.68. The van der Waals surface area contributed by atoms with Gasteiger partial charge in [0.1, 0.15) is 0 Å². The summed E-state index contributed by atoms with van der Waals surface area (Å²) in [5.41, 5.74) is 0.254. The molecule has 0 radical (unpaired) electrons. The Kier molecular flexibility index (Phi) is 6.91. The molecule has 1 atom stereocenters. The van der Waals surface area contributed by atoms with Gasteiger partial charge in [0.2, 0.25) is 0 Å². The number of methoxy groups -OCH3 is 1. The average molecular weight is 388 g/mol. The standard InChI is InChI=1S/C19H20N2O7/c1-4-27-16-9-8-13(10-17(16)26-3)19(23)28-12(2)18(22)20-14-6-5-7-15(11-14)21(24)25/h5-12H,4H2,1-3H3,(H,20,22). The maximum Gasteiger partial charge on any atom is 0.339 e. The van der Waals surface area contributed by atoms with Crippen molar-refractivity contribution in [3.05, 3.63) is 58.1 Å². The molecule has 1 N–H and O–H groups in total. The molecule has 9 heteroatoms. The van der Waals surface area contributed by atoms with E-state index in [0.717, 1.165) is 0 Å². The predicted molar refractivity (Wildman–Crippen MR) is 101 cm³/mol. The lowest BCUT2D eigenvalue weighted by atomic mass is 10.2. The van der Waals surface area contributed by atoms with Crippen molar-refractivity contribution < 1.29 is 28.7 Å². The Morgan fingerprint density at radius 1 is 1.18 bits per heavy atom. The fraction of sp³-hybridized carbons (Fsp3) is 0.263. The number of benzene rings is 2. The molecule has 2 rings (SSSR count). The van der Waals surface area contributed by atoms with E-state index in [0.29, 0.717) is 18.1 Å². The monoisotopic (exact) mass is 388 g/mol. The fourth-order valence-corrected chi connectivity index (χ4v) is 2.29. The van der Waals surface area contributed by atoms with E-state index in [1.807, 2.05) is 6.92 Å². The highest BCUT2D eigenvalue weighted by Gasteiger charge is 2.21. The van der Waals surface area contributed by atoms with Crippen LogP contribution in [0, 0.1) is 10.1 Å². The van der Waals surface area contributed by atoms with E-state index in [1.54, 1.807) is 6.07 Å². The minimum Gasteiger partial charge on any atom is -0.493 e. The van der Waals surface area contributed by atoms with Gasteiger partial charge in [-0.15, -0.1) is 0 Å². The molecule has 28 heavy (non-hydrogen) atoms. The summed E-state index contributed by atoms with van der Waals surface area (Å²) in [6.45, 7) is 3.66. The van der Waals surface area contributed by atoms with Crippen molar-refractivity contribution in [2.75, 3.05) is 19.0 Å². The van der Waals surface area contributed by atoms with Crippen molar-refractivity contribution in [3.8, 4) is 11.5 Å². The third kappa shape index (κ3) is 5.19. The van der Waals surface area contributed by atoms with Crippen molar-refractivity contribution in [2.24, 2.45) is 0 Å². The lowest BCUT2D eigenvalue weighted by molar-refractivity contribution is -0.384. The summed E-state index contributed by atoms with van der Waals surface area (Å²) in [4.78, 5) is 34.8. The summed E-state index contributed by atoms with van der Waals surface area (Å²) in [6, 6.07) is 9.99. The van der Waals surface area contributed by atoms with Crippen LogP contribution in [-0.4, -0.2) is 36.6 Å². The molecule has 0 spiro atoms. The normalized spacial score (nSPS) is 11.2. The molecule has 2 aromatic carbocycles. The fourth-order valence-electron chi connectivity index (χ4n) is 2.29. The third-order valence-corrected chi connectivity index (χ3v) is 3.68. The number of nitro benzene ring substituents is 1. The molecule has 0 bridgehead atoms. The summed E-state index contributed by atoms with van der Waals surface area (Å²) >= 11 is 0. The molecule has 0 aliphatic carbocycles. The number of carbonyl (C=O) groups is 2. The lowest BCUT2D eigenvalue weighted by Gasteiger charge is -2.15. The first-order chi connectivity index (χ1) is 13.3. The van der Waals surface area contributed by atoms with Crippen LogP contribution in [0.3, 0.4) is 0 Å². The number of esters is 1. The van der Waals surface area contributed by atoms with Crippen molar-refractivity contribution in [3.63, 3.8) is 0 Å². The Bertz CT molecular complexity index is 882. The Morgan fingerprint density at radius 2 is 1.93 bits per heavy atom. The van der Waals surface area contributed by atoms with Crippen LogP contribution in [0.1, 0.15) is 24.2 Å². The summed E-state index contributed by atoms with van der Waals surface area (Å²) in [7, 11) is 1.45. The van der Waals surface area contributed by atoms with Gasteiger partial charge in [0.25, 0.3) is 11.6 Å². The third-order valence-electron chi connectivity index (χ3n) is 3.68. The number of amides is 1. The van der Waals surface area contributed by atoms with E-state index in [1.165, 1.54) is 50.4 Å². The topological polar surface area (TPSA) is 117 Å². The molecular weight excluding hydrogens is 368 g/mol. The minimum atomic E-state index is -1.12. The van der Waals surface area contributed by atoms with Crippen molar-refractivity contribution >= 4 is 23.3 Å². The number of ether oxygens (including phenoxy) is 3. The maximum atomic E-state index is 12.3. The van der Waals surface area contributed by atoms with Crippen LogP contribution >= 0.6 is 0 Å². The molecule has 0 aliphatic heterocycles. The Morgan fingerprint density at radius 3 is 2.57 bits per heavy atom. The summed E-state index contributed by atoms with van der Waals surface area (Å²) < 4.78 is 15.7. The maximum absolute atomic E-state index is 12.3. The SMILES string of the molecule is CCOc1ccc(C(=O)OC(C)C(=O)Nc2cccc([N+](=O)[O-])c2)cc1OC. The van der Waals surface area contributed by atoms with E-state index in [9.17, 15) is 19.7 Å². The number of non-ortho nitro benzene ring substituents is 1. The summed E-state index contributed by atoms with van der Waals surface area (Å²) in [5.74, 6) is -0.488. The van der Waals surface area contributed by atoms with Gasteiger partial charge in [-0.3, -0.25) is 14.9 Å². The largest absolute Gasteiger partial charge is 0.493 e. The number of carbonyl (C=O) groups excluding carboxylic acids is 2. The highest BCUT2D eigenvalue weighted by molar-refractivity contribution is 5.97. The first-order valence-corrected chi connectivity index (χ1v) is 8.42. The Hall–Kier alpha value is -3.62. The smallest absolute Gasteiger partial charge is 0.339 e. The number of hydrogen-bond acceptors (Lipinski definition) is 7. The predicted octanol–water partition coefficient (Wildman–Crippen LogP) is 3.19. The van der Waals surface area contributed by atoms with E-state index >= 15 is 0 Å². The van der Waals surface area contributed by atoms with Gasteiger partial charge in [-0.25, -0.2) is 4.79 Å². The van der Waals surface area contributed by atoms with E-state index in [-0.39, 0.29) is 16.9 Å². The first-order valence-electron chi connectivity index (χ1n) is 8.42. The van der Waals surface area contributed by atoms with Gasteiger partial charge >= 0.3 is 5.97 Å². The van der Waals surface area contributed by atoms with Gasteiger partial charge in [-0.2, -0.15) is 0 Å². The zero-order valence-electron chi connectivity index (χ0n) is 15.6. The summed E-state index contributed by atoms with van der Waals surface area (Å²) in [6.07, 6.45) is -1.12. The lowest BCUT2D eigenvalue weighted by Crippen LogP contribution is -2.30. The zero-order chi connectivity index (χ0) is 20.7. The van der Waals surface area contributed by atoms with Crippen LogP contribution in [0.15, 0.2) is 42.5 Å². The molecule has 148 valence electrons. The molecule has 2 aromatic rings. The number of nitrogens with zero attached hydrogens (tertiary/aromatic N) is 1. The molecule has 1 unspecified atom stereocenters. The quantitative estimate of drug-likeness (QED) is 0.419. The molecule has 0 aromatic heterocycles. The van der Waals surface area contributed by atoms with Gasteiger partial charge in [-0.1, -0.05) is 6.07 Å². The second-order valence-electron chi connectivity index (χ2n) is 5.64. The highest BCUT2D eigenvalue weighted by Crippen LogP contribution is 2.28. The second kappa shape index (κ2) is 9.36. The van der Waals surface area contributed by atoms with Gasteiger partial charge in [-0.05, 0) is 38.1 Å². The molecule has 0 heterocycles. The van der Waals surface area contributed by atoms with Crippen molar-refractivity contribution in [1.82, 2.24) is 0 Å². The number of hydrogen-bond donors (Lipinski definition) is 1. The molecule has 0 fully saturated rings. The van der Waals surface area contributed by atoms with Crippen molar-refractivity contribution in [2.45, 2.75) is 20.0 Å². The molecular formula is C19H20N2O7. The van der Waals surface area contributed by atoms with Crippen LogP contribution in [0.5, 0.6) is 11.5 Å². The van der Waals surface area contributed by atoms with E-state index in [2.05, 4.69) is 5.32 Å². The molecule has 0 aliphatic rings. The number of anilines is 1. The van der Waals surface area contributed by atoms with Gasteiger partial charge < -0.3 is 19.5 Å². The van der Waals surface area contributed by atoms with Crippen LogP contribution in [-0.2, 0) is 9.53 Å². The van der Waals surface area contributed by atoms with Gasteiger partial charge in [0.05, 0.1) is 24.2 Å². The van der Waals surface area contributed by atoms with Crippen LogP contribution in [0.4, 0.5) is 11.4 Å². The first kappa shape index (κ1) is 20.7. The second-order valence-corrected chi connectivity index (χ2v) is 5.64. The van der Waals surface area contributed by atoms with Gasteiger partial charge in [0.15, 0.2) is 17.6 Å². The molecule has 1 amide bonds. The van der Waals surface area contributed by atoms with E-state index in [4.69, 9.17) is 14.2 Å².